The summed E-state index contributed by atoms with van der Waals surface area (Å²) in [5.74, 6) is 0. The Hall–Kier alpha value is -2.98. The molecule has 0 bridgehead atoms. The number of para-hydroxylation sites is 1. The van der Waals surface area contributed by atoms with E-state index >= 15 is 0 Å². The Morgan fingerprint density at radius 2 is 1.58 bits per heavy atom. The van der Waals surface area contributed by atoms with E-state index in [1.165, 1.54) is 10.8 Å². The number of nitrogens with one attached hydrogen (secondary N) is 1. The van der Waals surface area contributed by atoms with Gasteiger partial charge in [-0.05, 0) is 48.5 Å². The average Bonchev–Trinajstić information content (AvgIpc) is 3.33. The fourth-order valence-electron chi connectivity index (χ4n) is 4.22. The third-order valence-electron chi connectivity index (χ3n) is 5.55. The Labute approximate surface area is 194 Å². The molecule has 31 heavy (non-hydrogen) atoms. The van der Waals surface area contributed by atoms with Crippen LogP contribution in [0, 0.1) is 0 Å². The maximum Gasteiger partial charge on any atom is 0.254 e. The minimum Gasteiger partial charge on any atom is -1.00 e. The van der Waals surface area contributed by atoms with Crippen molar-refractivity contribution in [1.82, 2.24) is 9.55 Å². The highest BCUT2D eigenvalue weighted by molar-refractivity contribution is 6.31. The van der Waals surface area contributed by atoms with Crippen LogP contribution in [0.5, 0.6) is 0 Å². The highest BCUT2D eigenvalue weighted by Crippen LogP contribution is 2.34. The van der Waals surface area contributed by atoms with Crippen LogP contribution in [0.3, 0.4) is 0 Å². The molecular weight excluding hydrogens is 449 g/mol. The number of benzene rings is 3. The number of hydrogen-bond acceptors (Lipinski definition) is 0. The SMILES string of the molecule is Clc1ccc(-n2c[n+]3ccc4c5ccccc5[nH]c4c3c2-c2cccc(Cl)c2)cc1.[Cl-]. The van der Waals surface area contributed by atoms with E-state index in [-0.39, 0.29) is 12.4 Å². The molecule has 1 N–H and O–H groups in total. The molecule has 3 aromatic carbocycles. The summed E-state index contributed by atoms with van der Waals surface area (Å²) >= 11 is 12.5. The number of aromatic amines is 1. The van der Waals surface area contributed by atoms with Crippen molar-refractivity contribution in [3.63, 3.8) is 0 Å². The number of hydrogen-bond donors (Lipinski definition) is 1. The number of halogens is 3. The fourth-order valence-corrected chi connectivity index (χ4v) is 4.54. The molecule has 6 aromatic rings. The zero-order chi connectivity index (χ0) is 20.2. The van der Waals surface area contributed by atoms with Gasteiger partial charge < -0.3 is 17.4 Å². The predicted molar refractivity (Wildman–Crippen MR) is 124 cm³/mol. The van der Waals surface area contributed by atoms with Gasteiger partial charge in [0.25, 0.3) is 6.33 Å². The van der Waals surface area contributed by atoms with Crippen LogP contribution in [0.4, 0.5) is 0 Å². The van der Waals surface area contributed by atoms with Crippen LogP contribution in [-0.2, 0) is 0 Å². The van der Waals surface area contributed by atoms with Crippen molar-refractivity contribution in [3.05, 3.63) is 101 Å². The Morgan fingerprint density at radius 1 is 0.774 bits per heavy atom. The first-order valence-corrected chi connectivity index (χ1v) is 10.4. The van der Waals surface area contributed by atoms with Gasteiger partial charge in [0.05, 0.1) is 11.7 Å². The molecule has 6 rings (SSSR count). The summed E-state index contributed by atoms with van der Waals surface area (Å²) in [6.07, 6.45) is 4.21. The molecule has 0 saturated heterocycles. The molecule has 0 aliphatic carbocycles. The van der Waals surface area contributed by atoms with Crippen molar-refractivity contribution >= 4 is 50.5 Å². The van der Waals surface area contributed by atoms with Crippen molar-refractivity contribution in [2.24, 2.45) is 0 Å². The minimum atomic E-state index is 0. The molecular formula is C25H16Cl3N3. The van der Waals surface area contributed by atoms with Gasteiger partial charge in [0.15, 0.2) is 5.69 Å². The summed E-state index contributed by atoms with van der Waals surface area (Å²) in [6.45, 7) is 0. The second-order valence-corrected chi connectivity index (χ2v) is 8.22. The molecule has 0 saturated carbocycles. The van der Waals surface area contributed by atoms with Gasteiger partial charge in [0.1, 0.15) is 5.69 Å². The second-order valence-electron chi connectivity index (χ2n) is 7.35. The Kier molecular flexibility index (Phi) is 4.90. The Morgan fingerprint density at radius 3 is 2.39 bits per heavy atom. The first-order valence-electron chi connectivity index (χ1n) is 9.67. The molecule has 0 unspecified atom stereocenters. The van der Waals surface area contributed by atoms with Crippen molar-refractivity contribution in [3.8, 4) is 16.9 Å². The molecule has 6 heteroatoms. The van der Waals surface area contributed by atoms with Gasteiger partial charge in [0.2, 0.25) is 5.52 Å². The second kappa shape index (κ2) is 7.61. The van der Waals surface area contributed by atoms with Crippen LogP contribution in [0.2, 0.25) is 10.0 Å². The van der Waals surface area contributed by atoms with E-state index in [4.69, 9.17) is 23.2 Å². The molecule has 0 amide bonds. The van der Waals surface area contributed by atoms with Gasteiger partial charge in [-0.25, -0.2) is 0 Å². The van der Waals surface area contributed by atoms with E-state index in [1.807, 2.05) is 42.5 Å². The summed E-state index contributed by atoms with van der Waals surface area (Å²) in [5, 5.41) is 3.83. The number of H-pyrrole nitrogens is 1. The number of imidazole rings is 1. The molecule has 0 atom stereocenters. The molecule has 0 fully saturated rings. The fraction of sp³-hybridized carbons (Fsp3) is 0. The lowest BCUT2D eigenvalue weighted by atomic mass is 10.1. The van der Waals surface area contributed by atoms with Gasteiger partial charge in [-0.1, -0.05) is 53.5 Å². The van der Waals surface area contributed by atoms with Crippen molar-refractivity contribution in [1.29, 1.82) is 0 Å². The smallest absolute Gasteiger partial charge is 0.254 e. The van der Waals surface area contributed by atoms with E-state index in [2.05, 4.69) is 62.9 Å². The van der Waals surface area contributed by atoms with E-state index in [9.17, 15) is 0 Å². The highest BCUT2D eigenvalue weighted by atomic mass is 35.5. The first kappa shape index (κ1) is 20.0. The van der Waals surface area contributed by atoms with E-state index < -0.39 is 0 Å². The number of pyridine rings is 1. The molecule has 3 aromatic heterocycles. The van der Waals surface area contributed by atoms with Crippen LogP contribution in [-0.4, -0.2) is 9.55 Å². The van der Waals surface area contributed by atoms with Gasteiger partial charge in [-0.2, -0.15) is 8.97 Å². The number of fused-ring (bicyclic) bond motifs is 5. The van der Waals surface area contributed by atoms with Gasteiger partial charge in [-0.3, -0.25) is 0 Å². The van der Waals surface area contributed by atoms with E-state index in [0.29, 0.717) is 10.0 Å². The van der Waals surface area contributed by atoms with Gasteiger partial charge in [0, 0.05) is 31.9 Å². The summed E-state index contributed by atoms with van der Waals surface area (Å²) < 4.78 is 4.34. The van der Waals surface area contributed by atoms with Gasteiger partial charge in [-0.15, -0.1) is 0 Å². The molecule has 0 aliphatic rings. The Balaban J connectivity index is 0.00000204. The summed E-state index contributed by atoms with van der Waals surface area (Å²) in [7, 11) is 0. The molecule has 152 valence electrons. The largest absolute Gasteiger partial charge is 1.00 e. The molecule has 0 radical (unpaired) electrons. The number of rotatable bonds is 2. The molecule has 0 aliphatic heterocycles. The predicted octanol–water partition coefficient (Wildman–Crippen LogP) is 3.83. The van der Waals surface area contributed by atoms with Gasteiger partial charge >= 0.3 is 0 Å². The topological polar surface area (TPSA) is 24.8 Å². The monoisotopic (exact) mass is 463 g/mol. The van der Waals surface area contributed by atoms with Crippen molar-refractivity contribution in [2.45, 2.75) is 0 Å². The maximum absolute atomic E-state index is 6.37. The lowest BCUT2D eigenvalue weighted by Gasteiger charge is -2.03. The molecule has 0 spiro atoms. The van der Waals surface area contributed by atoms with Crippen molar-refractivity contribution < 1.29 is 16.8 Å². The lowest BCUT2D eigenvalue weighted by Crippen LogP contribution is -3.00. The number of aromatic nitrogens is 3. The molecule has 3 nitrogen and oxygen atoms in total. The van der Waals surface area contributed by atoms with Crippen molar-refractivity contribution in [2.75, 3.05) is 0 Å². The zero-order valence-electron chi connectivity index (χ0n) is 16.2. The Bertz CT molecular complexity index is 1560. The van der Waals surface area contributed by atoms with Crippen LogP contribution in [0.15, 0.2) is 91.4 Å². The third-order valence-corrected chi connectivity index (χ3v) is 6.04. The summed E-state index contributed by atoms with van der Waals surface area (Å²) in [6, 6.07) is 26.4. The van der Waals surface area contributed by atoms with Crippen LogP contribution >= 0.6 is 23.2 Å². The first-order chi connectivity index (χ1) is 14.7. The zero-order valence-corrected chi connectivity index (χ0v) is 18.5. The third kappa shape index (κ3) is 3.17. The van der Waals surface area contributed by atoms with E-state index in [1.54, 1.807) is 0 Å². The van der Waals surface area contributed by atoms with Crippen LogP contribution < -0.4 is 16.8 Å². The van der Waals surface area contributed by atoms with Crippen LogP contribution in [0.25, 0.3) is 44.3 Å². The lowest BCUT2D eigenvalue weighted by molar-refractivity contribution is -0.510. The molecule has 3 heterocycles. The minimum absolute atomic E-state index is 0. The average molecular weight is 465 g/mol. The van der Waals surface area contributed by atoms with Crippen LogP contribution in [0.1, 0.15) is 0 Å². The summed E-state index contributed by atoms with van der Waals surface area (Å²) in [5.41, 5.74) is 6.46. The normalized spacial score (nSPS) is 11.3. The number of nitrogens with zero attached hydrogens (tertiary/aromatic N) is 2. The highest BCUT2D eigenvalue weighted by Gasteiger charge is 2.25. The quantitative estimate of drug-likeness (QED) is 0.377. The maximum atomic E-state index is 6.37. The standard InChI is InChI=1S/C25H16Cl2N3.ClH/c26-17-8-10-19(11-9-17)30-15-29-13-12-21-20-6-1-2-7-22(20)28-23(21)25(29)24(30)16-4-3-5-18(27)14-16;/h1-15,28H;1H/q+1;/p-1. The summed E-state index contributed by atoms with van der Waals surface area (Å²) in [4.78, 5) is 3.63. The van der Waals surface area contributed by atoms with E-state index in [0.717, 1.165) is 33.5 Å².